The van der Waals surface area contributed by atoms with E-state index in [9.17, 15) is 9.59 Å². The number of hydrogen-bond donors (Lipinski definition) is 3. The number of urea groups is 1. The van der Waals surface area contributed by atoms with E-state index in [0.29, 0.717) is 12.1 Å². The second-order valence-electron chi connectivity index (χ2n) is 5.01. The molecule has 1 fully saturated rings. The average molecular weight is 256 g/mol. The highest BCUT2D eigenvalue weighted by atomic mass is 16.2. The molecule has 0 radical (unpaired) electrons. The van der Waals surface area contributed by atoms with Gasteiger partial charge in [0.1, 0.15) is 0 Å². The zero-order valence-electron chi connectivity index (χ0n) is 11.6. The number of nitrogens with zero attached hydrogens (tertiary/aromatic N) is 1. The van der Waals surface area contributed by atoms with Crippen molar-refractivity contribution in [1.29, 1.82) is 0 Å². The number of likely N-dealkylation sites (tertiary alicyclic amines) is 1. The van der Waals surface area contributed by atoms with Gasteiger partial charge in [-0.2, -0.15) is 0 Å². The lowest BCUT2D eigenvalue weighted by atomic mass is 9.98. The Balaban J connectivity index is 2.38. The minimum absolute atomic E-state index is 0.291. The van der Waals surface area contributed by atoms with Crippen LogP contribution in [0.25, 0.3) is 0 Å². The summed E-state index contributed by atoms with van der Waals surface area (Å²) >= 11 is 0. The molecule has 1 saturated heterocycles. The number of carbonyl (C=O) groups excluding carboxylic acids is 2. The number of rotatable bonds is 3. The molecule has 3 N–H and O–H groups in total. The maximum atomic E-state index is 11.7. The van der Waals surface area contributed by atoms with Crippen LogP contribution in [0.5, 0.6) is 0 Å². The molecule has 0 bridgehead atoms. The zero-order valence-corrected chi connectivity index (χ0v) is 11.6. The van der Waals surface area contributed by atoms with E-state index in [1.165, 1.54) is 7.05 Å². The maximum absolute atomic E-state index is 11.7. The van der Waals surface area contributed by atoms with Crippen LogP contribution in [0.3, 0.4) is 0 Å². The van der Waals surface area contributed by atoms with Crippen molar-refractivity contribution in [3.63, 3.8) is 0 Å². The van der Waals surface area contributed by atoms with Gasteiger partial charge in [0, 0.05) is 19.1 Å². The van der Waals surface area contributed by atoms with Gasteiger partial charge in [-0.25, -0.2) is 4.79 Å². The molecule has 0 aromatic heterocycles. The van der Waals surface area contributed by atoms with Crippen molar-refractivity contribution in [3.05, 3.63) is 0 Å². The van der Waals surface area contributed by atoms with E-state index >= 15 is 0 Å². The highest BCUT2D eigenvalue weighted by Crippen LogP contribution is 2.15. The van der Waals surface area contributed by atoms with Gasteiger partial charge in [-0.1, -0.05) is 0 Å². The number of piperidine rings is 1. The first kappa shape index (κ1) is 14.9. The van der Waals surface area contributed by atoms with E-state index in [1.807, 2.05) is 0 Å². The maximum Gasteiger partial charge on any atom is 0.321 e. The van der Waals surface area contributed by atoms with Crippen LogP contribution in [0.15, 0.2) is 0 Å². The molecule has 1 aliphatic heterocycles. The van der Waals surface area contributed by atoms with Crippen LogP contribution in [0.4, 0.5) is 4.79 Å². The van der Waals surface area contributed by atoms with Crippen molar-refractivity contribution in [2.24, 2.45) is 0 Å². The quantitative estimate of drug-likeness (QED) is 0.659. The summed E-state index contributed by atoms with van der Waals surface area (Å²) in [4.78, 5) is 25.0. The van der Waals surface area contributed by atoms with Crippen molar-refractivity contribution in [3.8, 4) is 0 Å². The topological polar surface area (TPSA) is 73.5 Å². The lowest BCUT2D eigenvalue weighted by Crippen LogP contribution is -2.53. The van der Waals surface area contributed by atoms with Crippen LogP contribution in [0, 0.1) is 0 Å². The first-order chi connectivity index (χ1) is 8.43. The molecule has 0 aliphatic carbocycles. The van der Waals surface area contributed by atoms with Crippen molar-refractivity contribution in [2.45, 2.75) is 44.8 Å². The number of imide groups is 1. The van der Waals surface area contributed by atoms with Crippen LogP contribution < -0.4 is 16.0 Å². The fourth-order valence-electron chi connectivity index (χ4n) is 2.15. The van der Waals surface area contributed by atoms with Gasteiger partial charge in [0.05, 0.1) is 6.04 Å². The standard InChI is InChI=1S/C12H24N4O2/c1-8-7-10(5-6-16(8)4)14-9(2)11(17)15-12(18)13-3/h8-10,14H,5-7H2,1-4H3,(H2,13,15,17,18). The molecule has 0 aromatic rings. The van der Waals surface area contributed by atoms with Crippen molar-refractivity contribution in [1.82, 2.24) is 20.9 Å². The van der Waals surface area contributed by atoms with Gasteiger partial charge in [0.2, 0.25) is 5.91 Å². The van der Waals surface area contributed by atoms with E-state index in [0.717, 1.165) is 19.4 Å². The molecule has 0 spiro atoms. The molecule has 0 saturated carbocycles. The summed E-state index contributed by atoms with van der Waals surface area (Å²) in [5.41, 5.74) is 0. The van der Waals surface area contributed by atoms with Crippen molar-refractivity contribution >= 4 is 11.9 Å². The van der Waals surface area contributed by atoms with Gasteiger partial charge in [-0.3, -0.25) is 10.1 Å². The van der Waals surface area contributed by atoms with Crippen LogP contribution >= 0.6 is 0 Å². The van der Waals surface area contributed by atoms with Crippen molar-refractivity contribution < 1.29 is 9.59 Å². The Morgan fingerprint density at radius 3 is 2.61 bits per heavy atom. The normalized spacial score (nSPS) is 26.4. The van der Waals surface area contributed by atoms with Gasteiger partial charge < -0.3 is 15.5 Å². The van der Waals surface area contributed by atoms with Gasteiger partial charge in [-0.15, -0.1) is 0 Å². The molecular weight excluding hydrogens is 232 g/mol. The Hall–Kier alpha value is -1.14. The minimum atomic E-state index is -0.467. The van der Waals surface area contributed by atoms with Gasteiger partial charge in [-0.05, 0) is 40.3 Å². The monoisotopic (exact) mass is 256 g/mol. The third kappa shape index (κ3) is 4.27. The molecular formula is C12H24N4O2. The largest absolute Gasteiger partial charge is 0.341 e. The molecule has 0 aromatic carbocycles. The SMILES string of the molecule is CNC(=O)NC(=O)C(C)NC1CCN(C)C(C)C1. The third-order valence-electron chi connectivity index (χ3n) is 3.55. The summed E-state index contributed by atoms with van der Waals surface area (Å²) in [6.45, 7) is 4.99. The molecule has 6 nitrogen and oxygen atoms in total. The fraction of sp³-hybridized carbons (Fsp3) is 0.833. The Morgan fingerprint density at radius 2 is 2.06 bits per heavy atom. The fourth-order valence-corrected chi connectivity index (χ4v) is 2.15. The molecule has 3 atom stereocenters. The summed E-state index contributed by atoms with van der Waals surface area (Å²) in [6, 6.07) is 0.0281. The number of carbonyl (C=O) groups is 2. The zero-order chi connectivity index (χ0) is 13.7. The highest BCUT2D eigenvalue weighted by Gasteiger charge is 2.25. The van der Waals surface area contributed by atoms with Crippen LogP contribution in [0.2, 0.25) is 0 Å². The molecule has 6 heteroatoms. The smallest absolute Gasteiger partial charge is 0.321 e. The number of nitrogens with one attached hydrogen (secondary N) is 3. The first-order valence-electron chi connectivity index (χ1n) is 6.43. The van der Waals surface area contributed by atoms with Crippen LogP contribution in [-0.4, -0.2) is 55.6 Å². The Bertz CT molecular complexity index is 308. The minimum Gasteiger partial charge on any atom is -0.341 e. The van der Waals surface area contributed by atoms with Crippen molar-refractivity contribution in [2.75, 3.05) is 20.6 Å². The molecule has 18 heavy (non-hydrogen) atoms. The highest BCUT2D eigenvalue weighted by molar-refractivity contribution is 5.96. The molecule has 3 unspecified atom stereocenters. The summed E-state index contributed by atoms with van der Waals surface area (Å²) in [5, 5.41) is 7.92. The van der Waals surface area contributed by atoms with E-state index in [-0.39, 0.29) is 11.9 Å². The van der Waals surface area contributed by atoms with Crippen LogP contribution in [0.1, 0.15) is 26.7 Å². The van der Waals surface area contributed by atoms with E-state index in [2.05, 4.69) is 34.8 Å². The summed E-state index contributed by atoms with van der Waals surface area (Å²) in [5.74, 6) is -0.291. The van der Waals surface area contributed by atoms with Gasteiger partial charge in [0.15, 0.2) is 0 Å². The van der Waals surface area contributed by atoms with Gasteiger partial charge in [0.25, 0.3) is 0 Å². The Kier molecular flexibility index (Phi) is 5.55. The predicted octanol–water partition coefficient (Wildman–Crippen LogP) is -0.0972. The Morgan fingerprint density at radius 1 is 1.39 bits per heavy atom. The predicted molar refractivity (Wildman–Crippen MR) is 70.3 cm³/mol. The first-order valence-corrected chi connectivity index (χ1v) is 6.43. The third-order valence-corrected chi connectivity index (χ3v) is 3.55. The summed E-state index contributed by atoms with van der Waals surface area (Å²) in [7, 11) is 3.60. The lowest BCUT2D eigenvalue weighted by Gasteiger charge is -2.36. The Labute approximate surface area is 108 Å². The summed E-state index contributed by atoms with van der Waals surface area (Å²) < 4.78 is 0. The number of hydrogen-bond acceptors (Lipinski definition) is 4. The number of amides is 3. The summed E-state index contributed by atoms with van der Waals surface area (Å²) in [6.07, 6.45) is 2.05. The molecule has 3 amide bonds. The van der Waals surface area contributed by atoms with E-state index in [4.69, 9.17) is 0 Å². The lowest BCUT2D eigenvalue weighted by molar-refractivity contribution is -0.122. The van der Waals surface area contributed by atoms with Crippen LogP contribution in [-0.2, 0) is 4.79 Å². The molecule has 1 aliphatic rings. The second-order valence-corrected chi connectivity index (χ2v) is 5.01. The van der Waals surface area contributed by atoms with E-state index in [1.54, 1.807) is 6.92 Å². The van der Waals surface area contributed by atoms with Gasteiger partial charge >= 0.3 is 6.03 Å². The molecule has 1 rings (SSSR count). The molecule has 1 heterocycles. The second kappa shape index (κ2) is 6.70. The van der Waals surface area contributed by atoms with E-state index < -0.39 is 6.03 Å². The molecule has 104 valence electrons. The average Bonchev–Trinajstić information content (AvgIpc) is 2.33.